The summed E-state index contributed by atoms with van der Waals surface area (Å²) in [5.41, 5.74) is 3.93. The van der Waals surface area contributed by atoms with Crippen molar-refractivity contribution >= 4 is 27.1 Å². The number of anilines is 1. The summed E-state index contributed by atoms with van der Waals surface area (Å²) in [5, 5.41) is 15.6. The fourth-order valence-electron chi connectivity index (χ4n) is 3.23. The van der Waals surface area contributed by atoms with E-state index in [4.69, 9.17) is 9.47 Å². The van der Waals surface area contributed by atoms with Crippen LogP contribution >= 0.6 is 0 Å². The second kappa shape index (κ2) is 13.1. The van der Waals surface area contributed by atoms with Crippen molar-refractivity contribution in [3.05, 3.63) is 52.1 Å². The molecule has 0 fully saturated rings. The van der Waals surface area contributed by atoms with Crippen LogP contribution in [-0.4, -0.2) is 49.7 Å². The summed E-state index contributed by atoms with van der Waals surface area (Å²) in [7, 11) is -3.97. The molecule has 2 rings (SSSR count). The van der Waals surface area contributed by atoms with Gasteiger partial charge in [-0.3, -0.25) is 15.5 Å². The Bertz CT molecular complexity index is 1150. The largest absolute Gasteiger partial charge is 0.490 e. The van der Waals surface area contributed by atoms with Crippen LogP contribution in [0.15, 0.2) is 46.4 Å². The monoisotopic (exact) mass is 506 g/mol. The minimum absolute atomic E-state index is 0.146. The predicted molar refractivity (Wildman–Crippen MR) is 137 cm³/mol. The van der Waals surface area contributed by atoms with Gasteiger partial charge in [-0.05, 0) is 44.0 Å². The molecule has 0 heterocycles. The first kappa shape index (κ1) is 28.1. The number of sulfonamides is 1. The molecular formula is C24H34N4O6S. The van der Waals surface area contributed by atoms with Crippen LogP contribution < -0.4 is 14.9 Å². The molecule has 0 amide bonds. The lowest BCUT2D eigenvalue weighted by Crippen LogP contribution is -2.31. The van der Waals surface area contributed by atoms with Gasteiger partial charge in [0.05, 0.1) is 29.5 Å². The number of nitro groups is 1. The molecule has 11 heteroatoms. The molecule has 0 atom stereocenters. The van der Waals surface area contributed by atoms with E-state index in [1.807, 2.05) is 32.0 Å². The van der Waals surface area contributed by atoms with E-state index in [1.165, 1.54) is 16.4 Å². The van der Waals surface area contributed by atoms with Crippen molar-refractivity contribution in [1.82, 2.24) is 4.31 Å². The van der Waals surface area contributed by atoms with E-state index in [0.717, 1.165) is 24.5 Å². The molecule has 0 aliphatic heterocycles. The summed E-state index contributed by atoms with van der Waals surface area (Å²) in [6.45, 7) is 10.8. The Labute approximate surface area is 207 Å². The van der Waals surface area contributed by atoms with Gasteiger partial charge in [0.15, 0.2) is 11.5 Å². The quantitative estimate of drug-likeness (QED) is 0.216. The molecule has 2 aromatic rings. The maximum atomic E-state index is 13.2. The van der Waals surface area contributed by atoms with Gasteiger partial charge in [-0.1, -0.05) is 27.7 Å². The second-order valence-electron chi connectivity index (χ2n) is 7.69. The summed E-state index contributed by atoms with van der Waals surface area (Å²) in [6.07, 6.45) is 1.71. The van der Waals surface area contributed by atoms with Gasteiger partial charge in [-0.15, -0.1) is 0 Å². The number of hydrogen-bond donors (Lipinski definition) is 1. The summed E-state index contributed by atoms with van der Waals surface area (Å²) < 4.78 is 39.2. The average Bonchev–Trinajstić information content (AvgIpc) is 2.85. The summed E-state index contributed by atoms with van der Waals surface area (Å²) in [4.78, 5) is 10.4. The molecule has 0 aromatic heterocycles. The molecule has 2 aromatic carbocycles. The number of hydrazone groups is 1. The Morgan fingerprint density at radius 2 is 1.63 bits per heavy atom. The molecule has 0 aliphatic carbocycles. The Hall–Kier alpha value is -3.18. The molecule has 10 nitrogen and oxygen atoms in total. The van der Waals surface area contributed by atoms with E-state index in [1.54, 1.807) is 20.8 Å². The highest BCUT2D eigenvalue weighted by Gasteiger charge is 2.27. The van der Waals surface area contributed by atoms with Crippen molar-refractivity contribution in [3.8, 4) is 11.5 Å². The van der Waals surface area contributed by atoms with Crippen molar-refractivity contribution in [2.75, 3.05) is 31.7 Å². The van der Waals surface area contributed by atoms with Crippen LogP contribution in [0.2, 0.25) is 0 Å². The number of rotatable bonds is 14. The lowest BCUT2D eigenvalue weighted by molar-refractivity contribution is -0.385. The number of hydrogen-bond acceptors (Lipinski definition) is 8. The number of nitrogens with zero attached hydrogens (tertiary/aromatic N) is 3. The third-order valence-corrected chi connectivity index (χ3v) is 7.22. The Kier molecular flexibility index (Phi) is 10.5. The van der Waals surface area contributed by atoms with Gasteiger partial charge in [0.1, 0.15) is 4.90 Å². The standard InChI is InChI=1S/C24H34N4O6S/c1-6-14-33-22-13-10-19(16-23(22)34-15-7-2)18(5)25-26-21-12-11-20(28(29)30)17-24(21)35(31,32)27(8-3)9-4/h10-13,16-17,26H,6-9,14-15H2,1-5H3/b25-18+. The number of non-ortho nitro benzene ring substituents is 1. The van der Waals surface area contributed by atoms with E-state index >= 15 is 0 Å². The number of nitrogens with one attached hydrogen (secondary N) is 1. The first-order chi connectivity index (χ1) is 16.7. The fourth-order valence-corrected chi connectivity index (χ4v) is 4.85. The van der Waals surface area contributed by atoms with Crippen LogP contribution in [0.4, 0.5) is 11.4 Å². The van der Waals surface area contributed by atoms with Crippen LogP contribution in [0, 0.1) is 10.1 Å². The molecule has 0 saturated heterocycles. The first-order valence-corrected chi connectivity index (χ1v) is 13.1. The average molecular weight is 507 g/mol. The van der Waals surface area contributed by atoms with E-state index < -0.39 is 14.9 Å². The molecule has 192 valence electrons. The molecular weight excluding hydrogens is 472 g/mol. The minimum atomic E-state index is -3.97. The van der Waals surface area contributed by atoms with Crippen LogP contribution in [-0.2, 0) is 10.0 Å². The van der Waals surface area contributed by atoms with Crippen molar-refractivity contribution in [1.29, 1.82) is 0 Å². The van der Waals surface area contributed by atoms with E-state index in [2.05, 4.69) is 10.5 Å². The van der Waals surface area contributed by atoms with Gasteiger partial charge in [-0.2, -0.15) is 9.41 Å². The molecule has 0 saturated carbocycles. The van der Waals surface area contributed by atoms with E-state index in [9.17, 15) is 18.5 Å². The van der Waals surface area contributed by atoms with Crippen molar-refractivity contribution < 1.29 is 22.8 Å². The first-order valence-electron chi connectivity index (χ1n) is 11.7. The third-order valence-electron chi connectivity index (χ3n) is 5.13. The van der Waals surface area contributed by atoms with Gasteiger partial charge < -0.3 is 9.47 Å². The van der Waals surface area contributed by atoms with E-state index in [0.29, 0.717) is 30.4 Å². The van der Waals surface area contributed by atoms with Gasteiger partial charge in [0, 0.05) is 30.8 Å². The summed E-state index contributed by atoms with van der Waals surface area (Å²) in [6, 6.07) is 9.13. The van der Waals surface area contributed by atoms with Gasteiger partial charge in [-0.25, -0.2) is 8.42 Å². The molecule has 0 aliphatic rings. The number of benzene rings is 2. The summed E-state index contributed by atoms with van der Waals surface area (Å²) >= 11 is 0. The molecule has 35 heavy (non-hydrogen) atoms. The summed E-state index contributed by atoms with van der Waals surface area (Å²) in [5.74, 6) is 1.25. The van der Waals surface area contributed by atoms with Crippen LogP contribution in [0.3, 0.4) is 0 Å². The Morgan fingerprint density at radius 1 is 1.00 bits per heavy atom. The maximum absolute atomic E-state index is 13.2. The number of ether oxygens (including phenoxy) is 2. The van der Waals surface area contributed by atoms with Gasteiger partial charge in [0.25, 0.3) is 5.69 Å². The zero-order valence-electron chi connectivity index (χ0n) is 20.9. The molecule has 0 unspecified atom stereocenters. The Balaban J connectivity index is 2.43. The molecule has 1 N–H and O–H groups in total. The molecule has 0 spiro atoms. The zero-order valence-corrected chi connectivity index (χ0v) is 21.7. The van der Waals surface area contributed by atoms with Gasteiger partial charge in [0.2, 0.25) is 10.0 Å². The molecule has 0 bridgehead atoms. The van der Waals surface area contributed by atoms with Crippen LogP contribution in [0.5, 0.6) is 11.5 Å². The van der Waals surface area contributed by atoms with Crippen molar-refractivity contribution in [3.63, 3.8) is 0 Å². The normalized spacial score (nSPS) is 12.0. The SMILES string of the molecule is CCCOc1ccc(/C(C)=N/Nc2ccc([N+](=O)[O-])cc2S(=O)(=O)N(CC)CC)cc1OCCC. The minimum Gasteiger partial charge on any atom is -0.490 e. The highest BCUT2D eigenvalue weighted by molar-refractivity contribution is 7.89. The lowest BCUT2D eigenvalue weighted by Gasteiger charge is -2.20. The highest BCUT2D eigenvalue weighted by atomic mass is 32.2. The Morgan fingerprint density at radius 3 is 2.20 bits per heavy atom. The fraction of sp³-hybridized carbons (Fsp3) is 0.458. The third kappa shape index (κ3) is 7.15. The maximum Gasteiger partial charge on any atom is 0.270 e. The highest BCUT2D eigenvalue weighted by Crippen LogP contribution is 2.31. The van der Waals surface area contributed by atoms with Crippen LogP contribution in [0.1, 0.15) is 53.0 Å². The topological polar surface area (TPSA) is 123 Å². The van der Waals surface area contributed by atoms with Gasteiger partial charge >= 0.3 is 0 Å². The number of nitro benzene ring substituents is 1. The smallest absolute Gasteiger partial charge is 0.270 e. The zero-order chi connectivity index (χ0) is 26.0. The van der Waals surface area contributed by atoms with Crippen molar-refractivity contribution in [2.24, 2.45) is 5.10 Å². The molecule has 0 radical (unpaired) electrons. The lowest BCUT2D eigenvalue weighted by atomic mass is 10.1. The van der Waals surface area contributed by atoms with Crippen molar-refractivity contribution in [2.45, 2.75) is 52.4 Å². The second-order valence-corrected chi connectivity index (χ2v) is 9.60. The predicted octanol–water partition coefficient (Wildman–Crippen LogP) is 5.04. The van der Waals surface area contributed by atoms with E-state index in [-0.39, 0.29) is 29.4 Å². The van der Waals surface area contributed by atoms with Crippen LogP contribution in [0.25, 0.3) is 0 Å².